The highest BCUT2D eigenvalue weighted by Gasteiger charge is 2.28. The number of amides is 2. The van der Waals surface area contributed by atoms with Crippen LogP contribution >= 0.6 is 0 Å². The van der Waals surface area contributed by atoms with Gasteiger partial charge in [0.25, 0.3) is 5.91 Å². The molecule has 0 heterocycles. The molecule has 0 aliphatic heterocycles. The zero-order chi connectivity index (χ0) is 18.1. The summed E-state index contributed by atoms with van der Waals surface area (Å²) in [5, 5.41) is 2.89. The van der Waals surface area contributed by atoms with Gasteiger partial charge < -0.3 is 15.0 Å². The quantitative estimate of drug-likeness (QED) is 0.755. The Bertz CT molecular complexity index is 526. The van der Waals surface area contributed by atoms with Crippen molar-refractivity contribution in [1.29, 1.82) is 0 Å². The summed E-state index contributed by atoms with van der Waals surface area (Å²) in [5.41, 5.74) is 0.519. The zero-order valence-electron chi connectivity index (χ0n) is 15.5. The van der Waals surface area contributed by atoms with Crippen LogP contribution in [0, 0.1) is 5.92 Å². The highest BCUT2D eigenvalue weighted by Crippen LogP contribution is 2.13. The normalized spacial score (nSPS) is 11.9. The second-order valence-electron chi connectivity index (χ2n) is 6.20. The van der Waals surface area contributed by atoms with Crippen molar-refractivity contribution in [2.45, 2.75) is 46.6 Å². The molecule has 1 rings (SSSR count). The Morgan fingerprint density at radius 3 is 2.25 bits per heavy atom. The molecule has 0 saturated heterocycles. The first-order chi connectivity index (χ1) is 11.4. The van der Waals surface area contributed by atoms with Gasteiger partial charge in [-0.2, -0.15) is 0 Å². The van der Waals surface area contributed by atoms with Gasteiger partial charge in [-0.25, -0.2) is 0 Å². The van der Waals surface area contributed by atoms with Gasteiger partial charge in [0.05, 0.1) is 7.11 Å². The van der Waals surface area contributed by atoms with Gasteiger partial charge in [0.1, 0.15) is 11.8 Å². The molecular formula is C19H30N2O3. The molecule has 2 amide bonds. The van der Waals surface area contributed by atoms with Crippen molar-refractivity contribution in [3.8, 4) is 5.75 Å². The van der Waals surface area contributed by atoms with E-state index < -0.39 is 6.04 Å². The lowest BCUT2D eigenvalue weighted by Crippen LogP contribution is -2.51. The second-order valence-corrected chi connectivity index (χ2v) is 6.20. The molecular weight excluding hydrogens is 304 g/mol. The number of benzene rings is 1. The fourth-order valence-corrected chi connectivity index (χ4v) is 2.45. The van der Waals surface area contributed by atoms with Crippen LogP contribution in [0.1, 0.15) is 50.9 Å². The maximum Gasteiger partial charge on any atom is 0.251 e. The van der Waals surface area contributed by atoms with Crippen molar-refractivity contribution in [2.24, 2.45) is 5.92 Å². The van der Waals surface area contributed by atoms with Crippen LogP contribution in [-0.4, -0.2) is 43.0 Å². The molecule has 0 aromatic heterocycles. The van der Waals surface area contributed by atoms with Crippen molar-refractivity contribution in [3.63, 3.8) is 0 Å². The number of unbranched alkanes of at least 4 members (excludes halogenated alkanes) is 1. The number of nitrogens with one attached hydrogen (secondary N) is 1. The summed E-state index contributed by atoms with van der Waals surface area (Å²) < 4.78 is 5.10. The highest BCUT2D eigenvalue weighted by atomic mass is 16.5. The first kappa shape index (κ1) is 20.0. The van der Waals surface area contributed by atoms with Crippen LogP contribution in [0.4, 0.5) is 0 Å². The van der Waals surface area contributed by atoms with Crippen LogP contribution in [0.25, 0.3) is 0 Å². The minimum atomic E-state index is -0.517. The summed E-state index contributed by atoms with van der Waals surface area (Å²) >= 11 is 0. The zero-order valence-corrected chi connectivity index (χ0v) is 15.5. The monoisotopic (exact) mass is 334 g/mol. The van der Waals surface area contributed by atoms with E-state index in [2.05, 4.69) is 12.2 Å². The van der Waals surface area contributed by atoms with Gasteiger partial charge in [0.15, 0.2) is 0 Å². The van der Waals surface area contributed by atoms with Crippen LogP contribution in [-0.2, 0) is 4.79 Å². The molecule has 0 radical (unpaired) electrons. The third-order valence-corrected chi connectivity index (χ3v) is 4.05. The minimum Gasteiger partial charge on any atom is -0.497 e. The lowest BCUT2D eigenvalue weighted by atomic mass is 10.0. The van der Waals surface area contributed by atoms with Crippen molar-refractivity contribution < 1.29 is 14.3 Å². The number of hydrogen-bond donors (Lipinski definition) is 1. The fourth-order valence-electron chi connectivity index (χ4n) is 2.45. The second kappa shape index (κ2) is 9.96. The number of nitrogens with zero attached hydrogens (tertiary/aromatic N) is 1. The van der Waals surface area contributed by atoms with Gasteiger partial charge in [0.2, 0.25) is 5.91 Å². The molecule has 0 saturated carbocycles. The SMILES string of the molecule is CCCCN(CC)C(=O)C(NC(=O)c1ccc(OC)cc1)C(C)C. The Hall–Kier alpha value is -2.04. The molecule has 5 heteroatoms. The van der Waals surface area contributed by atoms with E-state index in [0.717, 1.165) is 19.4 Å². The molecule has 1 aromatic carbocycles. The molecule has 1 aromatic rings. The van der Waals surface area contributed by atoms with E-state index in [4.69, 9.17) is 4.74 Å². The summed E-state index contributed by atoms with van der Waals surface area (Å²) in [5.74, 6) is 0.467. The van der Waals surface area contributed by atoms with Crippen LogP contribution in [0.15, 0.2) is 24.3 Å². The first-order valence-electron chi connectivity index (χ1n) is 8.68. The first-order valence-corrected chi connectivity index (χ1v) is 8.68. The van der Waals surface area contributed by atoms with E-state index in [0.29, 0.717) is 17.9 Å². The predicted octanol–water partition coefficient (Wildman–Crippen LogP) is 3.10. The number of carbonyl (C=O) groups is 2. The third-order valence-electron chi connectivity index (χ3n) is 4.05. The molecule has 24 heavy (non-hydrogen) atoms. The maximum atomic E-state index is 12.8. The van der Waals surface area contributed by atoms with E-state index in [1.807, 2.05) is 25.7 Å². The van der Waals surface area contributed by atoms with Crippen molar-refractivity contribution in [3.05, 3.63) is 29.8 Å². The Labute approximate surface area is 145 Å². The number of methoxy groups -OCH3 is 1. The summed E-state index contributed by atoms with van der Waals surface area (Å²) in [7, 11) is 1.58. The summed E-state index contributed by atoms with van der Waals surface area (Å²) in [6, 6.07) is 6.35. The van der Waals surface area contributed by atoms with Crippen LogP contribution < -0.4 is 10.1 Å². The molecule has 1 atom stereocenters. The van der Waals surface area contributed by atoms with E-state index in [-0.39, 0.29) is 17.7 Å². The van der Waals surface area contributed by atoms with Gasteiger partial charge in [-0.3, -0.25) is 9.59 Å². The van der Waals surface area contributed by atoms with Crippen LogP contribution in [0.3, 0.4) is 0 Å². The number of rotatable bonds is 9. The average molecular weight is 334 g/mol. The topological polar surface area (TPSA) is 58.6 Å². The molecule has 5 nitrogen and oxygen atoms in total. The standard InChI is InChI=1S/C19H30N2O3/c1-6-8-13-21(7-2)19(23)17(14(3)4)20-18(22)15-9-11-16(24-5)12-10-15/h9-12,14,17H,6-8,13H2,1-5H3,(H,20,22). The molecule has 0 aliphatic carbocycles. The Balaban J connectivity index is 2.83. The molecule has 0 spiro atoms. The van der Waals surface area contributed by atoms with E-state index in [9.17, 15) is 9.59 Å². The lowest BCUT2D eigenvalue weighted by Gasteiger charge is -2.29. The fraction of sp³-hybridized carbons (Fsp3) is 0.579. The van der Waals surface area contributed by atoms with E-state index in [1.165, 1.54) is 0 Å². The minimum absolute atomic E-state index is 0.0113. The van der Waals surface area contributed by atoms with Crippen LogP contribution in [0.5, 0.6) is 5.75 Å². The molecule has 0 bridgehead atoms. The number of ether oxygens (including phenoxy) is 1. The Kier molecular flexibility index (Phi) is 8.30. The van der Waals surface area contributed by atoms with Crippen molar-refractivity contribution in [2.75, 3.05) is 20.2 Å². The van der Waals surface area contributed by atoms with Gasteiger partial charge in [-0.1, -0.05) is 27.2 Å². The Morgan fingerprint density at radius 1 is 1.17 bits per heavy atom. The van der Waals surface area contributed by atoms with Crippen LogP contribution in [0.2, 0.25) is 0 Å². The number of hydrogen-bond acceptors (Lipinski definition) is 3. The highest BCUT2D eigenvalue weighted by molar-refractivity contribution is 5.97. The molecule has 134 valence electrons. The molecule has 0 fully saturated rings. The smallest absolute Gasteiger partial charge is 0.251 e. The maximum absolute atomic E-state index is 12.8. The van der Waals surface area contributed by atoms with E-state index in [1.54, 1.807) is 31.4 Å². The van der Waals surface area contributed by atoms with Gasteiger partial charge in [-0.15, -0.1) is 0 Å². The lowest BCUT2D eigenvalue weighted by molar-refractivity contribution is -0.134. The largest absolute Gasteiger partial charge is 0.497 e. The molecule has 1 unspecified atom stereocenters. The van der Waals surface area contributed by atoms with E-state index >= 15 is 0 Å². The summed E-state index contributed by atoms with van der Waals surface area (Å²) in [6.45, 7) is 9.35. The average Bonchev–Trinajstić information content (AvgIpc) is 2.59. The van der Waals surface area contributed by atoms with Gasteiger partial charge in [0, 0.05) is 18.7 Å². The van der Waals surface area contributed by atoms with Gasteiger partial charge in [-0.05, 0) is 43.5 Å². The van der Waals surface area contributed by atoms with Gasteiger partial charge >= 0.3 is 0 Å². The molecule has 0 aliphatic rings. The van der Waals surface area contributed by atoms with Crippen molar-refractivity contribution in [1.82, 2.24) is 10.2 Å². The predicted molar refractivity (Wildman–Crippen MR) is 96.2 cm³/mol. The molecule has 1 N–H and O–H groups in total. The summed E-state index contributed by atoms with van der Waals surface area (Å²) in [4.78, 5) is 27.1. The Morgan fingerprint density at radius 2 is 1.79 bits per heavy atom. The number of likely N-dealkylation sites (N-methyl/N-ethyl adjacent to an activating group) is 1. The van der Waals surface area contributed by atoms with Crippen molar-refractivity contribution >= 4 is 11.8 Å². The summed E-state index contributed by atoms with van der Waals surface area (Å²) in [6.07, 6.45) is 2.01. The number of carbonyl (C=O) groups excluding carboxylic acids is 2. The third kappa shape index (κ3) is 5.55.